The van der Waals surface area contributed by atoms with Crippen LogP contribution >= 0.6 is 11.6 Å². The molecule has 186 valence electrons. The smallest absolute Gasteiger partial charge is 0.321 e. The van der Waals surface area contributed by atoms with Crippen molar-refractivity contribution in [2.24, 2.45) is 5.92 Å². The summed E-state index contributed by atoms with van der Waals surface area (Å²) in [6.45, 7) is 1.79. The third-order valence-corrected chi connectivity index (χ3v) is 7.11. The first-order valence-corrected chi connectivity index (χ1v) is 11.9. The normalized spacial score (nSPS) is 22.8. The van der Waals surface area contributed by atoms with Crippen LogP contribution in [0.5, 0.6) is 0 Å². The summed E-state index contributed by atoms with van der Waals surface area (Å²) in [4.78, 5) is 40.4. The third-order valence-electron chi connectivity index (χ3n) is 6.87. The highest BCUT2D eigenvalue weighted by Gasteiger charge is 2.46. The van der Waals surface area contributed by atoms with Crippen LogP contribution in [0.1, 0.15) is 32.6 Å². The molecule has 9 nitrogen and oxygen atoms in total. The van der Waals surface area contributed by atoms with Gasteiger partial charge in [-0.1, -0.05) is 24.4 Å². The molecule has 35 heavy (non-hydrogen) atoms. The zero-order valence-corrected chi connectivity index (χ0v) is 20.2. The molecule has 2 fully saturated rings. The molecule has 0 spiro atoms. The van der Waals surface area contributed by atoms with Crippen molar-refractivity contribution in [2.75, 3.05) is 17.3 Å². The summed E-state index contributed by atoms with van der Waals surface area (Å²) in [5, 5.41) is 17.7. The summed E-state index contributed by atoms with van der Waals surface area (Å²) in [5.74, 6) is -0.653. The standard InChI is InChI=1S/C24H27ClFN5O4/c1-14(29(2)24(33)28-20-12-7-15(25)13-21(20)31(34)35)22-27-19-6-4-3-5-18(19)23(32)30(22)17-10-8-16(26)9-11-17/h7-14,18-19,22,27H,3-6H2,1-2H3,(H,28,33). The van der Waals surface area contributed by atoms with Crippen molar-refractivity contribution in [1.82, 2.24) is 10.2 Å². The fourth-order valence-corrected chi connectivity index (χ4v) is 5.01. The number of carbonyl (C=O) groups is 2. The number of nitrogens with one attached hydrogen (secondary N) is 2. The van der Waals surface area contributed by atoms with E-state index in [1.165, 1.54) is 35.2 Å². The average Bonchev–Trinajstić information content (AvgIpc) is 2.84. The fraction of sp³-hybridized carbons (Fsp3) is 0.417. The Kier molecular flexibility index (Phi) is 7.23. The number of hydrogen-bond acceptors (Lipinski definition) is 5. The fourth-order valence-electron chi connectivity index (χ4n) is 4.84. The number of rotatable bonds is 5. The first-order valence-electron chi connectivity index (χ1n) is 11.5. The van der Waals surface area contributed by atoms with Gasteiger partial charge in [0.1, 0.15) is 17.7 Å². The van der Waals surface area contributed by atoms with E-state index in [1.54, 1.807) is 31.0 Å². The van der Waals surface area contributed by atoms with Gasteiger partial charge in [0.05, 0.1) is 16.9 Å². The van der Waals surface area contributed by atoms with Crippen LogP contribution in [-0.2, 0) is 4.79 Å². The van der Waals surface area contributed by atoms with Crippen LogP contribution in [0.3, 0.4) is 0 Å². The molecule has 2 N–H and O–H groups in total. The van der Waals surface area contributed by atoms with Gasteiger partial charge in [-0.3, -0.25) is 25.1 Å². The molecule has 2 aromatic carbocycles. The molecule has 1 aliphatic carbocycles. The van der Waals surface area contributed by atoms with E-state index >= 15 is 0 Å². The maximum Gasteiger partial charge on any atom is 0.322 e. The highest BCUT2D eigenvalue weighted by molar-refractivity contribution is 6.31. The van der Waals surface area contributed by atoms with Crippen molar-refractivity contribution >= 4 is 40.6 Å². The molecule has 3 amide bonds. The topological polar surface area (TPSA) is 108 Å². The summed E-state index contributed by atoms with van der Waals surface area (Å²) >= 11 is 5.87. The molecule has 0 bridgehead atoms. The van der Waals surface area contributed by atoms with E-state index in [2.05, 4.69) is 10.6 Å². The second-order valence-corrected chi connectivity index (χ2v) is 9.43. The first-order chi connectivity index (χ1) is 16.7. The van der Waals surface area contributed by atoms with Crippen molar-refractivity contribution in [3.8, 4) is 0 Å². The van der Waals surface area contributed by atoms with Gasteiger partial charge < -0.3 is 10.2 Å². The van der Waals surface area contributed by atoms with Crippen LogP contribution in [0.4, 0.5) is 26.2 Å². The Hall–Kier alpha value is -3.24. The molecule has 4 rings (SSSR count). The van der Waals surface area contributed by atoms with Crippen molar-refractivity contribution in [3.63, 3.8) is 0 Å². The molecule has 1 heterocycles. The number of likely N-dealkylation sites (N-methyl/N-ethyl adjacent to an activating group) is 1. The van der Waals surface area contributed by atoms with Crippen molar-refractivity contribution < 1.29 is 18.9 Å². The number of urea groups is 1. The first kappa shape index (κ1) is 24.9. The highest BCUT2D eigenvalue weighted by Crippen LogP contribution is 2.35. The lowest BCUT2D eigenvalue weighted by molar-refractivity contribution is -0.383. The molecule has 4 unspecified atom stereocenters. The van der Waals surface area contributed by atoms with Gasteiger partial charge in [0.25, 0.3) is 5.69 Å². The van der Waals surface area contributed by atoms with Gasteiger partial charge in [-0.05, 0) is 56.2 Å². The van der Waals surface area contributed by atoms with E-state index in [0.717, 1.165) is 25.7 Å². The Labute approximate surface area is 207 Å². The SMILES string of the molecule is CC(C1NC2CCCCC2C(=O)N1c1ccc(F)cc1)N(C)C(=O)Nc1ccc(Cl)cc1[N+](=O)[O-]. The van der Waals surface area contributed by atoms with Gasteiger partial charge in [-0.2, -0.15) is 0 Å². The largest absolute Gasteiger partial charge is 0.322 e. The lowest BCUT2D eigenvalue weighted by Gasteiger charge is -2.49. The molecular weight excluding hydrogens is 477 g/mol. The number of carbonyl (C=O) groups excluding carboxylic acids is 2. The van der Waals surface area contributed by atoms with Crippen LogP contribution in [0.25, 0.3) is 0 Å². The van der Waals surface area contributed by atoms with Crippen molar-refractivity contribution in [1.29, 1.82) is 0 Å². The molecule has 0 aromatic heterocycles. The number of nitro benzene ring substituents is 1. The number of anilines is 2. The monoisotopic (exact) mass is 503 g/mol. The summed E-state index contributed by atoms with van der Waals surface area (Å²) in [5.41, 5.74) is 0.224. The van der Waals surface area contributed by atoms with Crippen molar-refractivity contribution in [3.05, 3.63) is 63.4 Å². The minimum atomic E-state index is -0.619. The van der Waals surface area contributed by atoms with Gasteiger partial charge in [-0.15, -0.1) is 0 Å². The van der Waals surface area contributed by atoms with Crippen LogP contribution in [-0.4, -0.2) is 47.1 Å². The minimum Gasteiger partial charge on any atom is -0.321 e. The summed E-state index contributed by atoms with van der Waals surface area (Å²) in [6.07, 6.45) is 3.02. The van der Waals surface area contributed by atoms with Crippen LogP contribution in [0.15, 0.2) is 42.5 Å². The zero-order chi connectivity index (χ0) is 25.3. The Balaban J connectivity index is 1.60. The minimum absolute atomic E-state index is 0.0128. The summed E-state index contributed by atoms with van der Waals surface area (Å²) in [6, 6.07) is 8.56. The van der Waals surface area contributed by atoms with Gasteiger partial charge in [0.15, 0.2) is 0 Å². The Morgan fingerprint density at radius 3 is 2.63 bits per heavy atom. The quantitative estimate of drug-likeness (QED) is 0.451. The number of halogens is 2. The number of hydrogen-bond donors (Lipinski definition) is 2. The van der Waals surface area contributed by atoms with Gasteiger partial charge in [-0.25, -0.2) is 9.18 Å². The molecular formula is C24H27ClFN5O4. The number of fused-ring (bicyclic) bond motifs is 1. The summed E-state index contributed by atoms with van der Waals surface area (Å²) < 4.78 is 13.6. The van der Waals surface area contributed by atoms with Crippen LogP contribution < -0.4 is 15.5 Å². The number of nitro groups is 1. The molecule has 1 aliphatic heterocycles. The van der Waals surface area contributed by atoms with E-state index in [-0.39, 0.29) is 34.3 Å². The zero-order valence-electron chi connectivity index (χ0n) is 19.4. The van der Waals surface area contributed by atoms with E-state index < -0.39 is 29.0 Å². The maximum atomic E-state index is 13.6. The Morgan fingerprint density at radius 1 is 1.26 bits per heavy atom. The van der Waals surface area contributed by atoms with Gasteiger partial charge in [0.2, 0.25) is 5.91 Å². The van der Waals surface area contributed by atoms with Gasteiger partial charge >= 0.3 is 6.03 Å². The maximum absolute atomic E-state index is 13.6. The van der Waals surface area contributed by atoms with E-state index in [0.29, 0.717) is 5.69 Å². The number of benzene rings is 2. The molecule has 1 saturated heterocycles. The second-order valence-electron chi connectivity index (χ2n) is 8.99. The van der Waals surface area contributed by atoms with Crippen LogP contribution in [0.2, 0.25) is 5.02 Å². The van der Waals surface area contributed by atoms with Crippen LogP contribution in [0, 0.1) is 21.8 Å². The number of amides is 3. The molecule has 1 saturated carbocycles. The highest BCUT2D eigenvalue weighted by atomic mass is 35.5. The lowest BCUT2D eigenvalue weighted by atomic mass is 9.81. The van der Waals surface area contributed by atoms with Crippen molar-refractivity contribution in [2.45, 2.75) is 50.9 Å². The predicted molar refractivity (Wildman–Crippen MR) is 131 cm³/mol. The molecule has 2 aromatic rings. The van der Waals surface area contributed by atoms with Gasteiger partial charge in [0, 0.05) is 29.9 Å². The van der Waals surface area contributed by atoms with E-state index in [4.69, 9.17) is 11.6 Å². The number of nitrogens with zero attached hydrogens (tertiary/aromatic N) is 3. The lowest BCUT2D eigenvalue weighted by Crippen LogP contribution is -2.69. The summed E-state index contributed by atoms with van der Waals surface area (Å²) in [7, 11) is 1.56. The second kappa shape index (κ2) is 10.2. The predicted octanol–water partition coefficient (Wildman–Crippen LogP) is 4.76. The Bertz CT molecular complexity index is 1130. The van der Waals surface area contributed by atoms with E-state index in [1.807, 2.05) is 0 Å². The molecule has 0 radical (unpaired) electrons. The van der Waals surface area contributed by atoms with E-state index in [9.17, 15) is 24.1 Å². The molecule has 2 aliphatic rings. The third kappa shape index (κ3) is 5.08. The molecule has 4 atom stereocenters. The Morgan fingerprint density at radius 2 is 1.94 bits per heavy atom. The average molecular weight is 504 g/mol. The molecule has 11 heteroatoms.